The minimum Gasteiger partial charge on any atom is -0.491 e. The predicted octanol–water partition coefficient (Wildman–Crippen LogP) is 2.16. The SMILES string of the molecule is CC(C)COC(=O)c1ccc(OCC(O)CSc2nc3c(N)ncnc3n2[C@@H]2O[C@H](CO)[C@H]3OC(C)(C)O[C@H]32)cc1. The van der Waals surface area contributed by atoms with Crippen LogP contribution in [0.5, 0.6) is 5.75 Å². The molecule has 0 saturated carbocycles. The van der Waals surface area contributed by atoms with E-state index in [-0.39, 0.29) is 30.7 Å². The third kappa shape index (κ3) is 6.42. The van der Waals surface area contributed by atoms with Crippen molar-refractivity contribution in [3.63, 3.8) is 0 Å². The first-order valence-corrected chi connectivity index (χ1v) is 14.4. The maximum absolute atomic E-state index is 12.1. The quantitative estimate of drug-likeness (QED) is 0.220. The van der Waals surface area contributed by atoms with Crippen molar-refractivity contribution < 1.29 is 38.7 Å². The first-order chi connectivity index (χ1) is 19.6. The number of anilines is 1. The first kappa shape index (κ1) is 29.5. The summed E-state index contributed by atoms with van der Waals surface area (Å²) in [6, 6.07) is 6.56. The predicted molar refractivity (Wildman–Crippen MR) is 148 cm³/mol. The second-order valence-corrected chi connectivity index (χ2v) is 11.8. The number of imidazole rings is 1. The van der Waals surface area contributed by atoms with Crippen LogP contribution in [0.25, 0.3) is 11.2 Å². The number of hydrogen-bond donors (Lipinski definition) is 3. The lowest BCUT2D eigenvalue weighted by molar-refractivity contribution is -0.200. The van der Waals surface area contributed by atoms with Gasteiger partial charge in [0.25, 0.3) is 0 Å². The van der Waals surface area contributed by atoms with Crippen molar-refractivity contribution in [1.29, 1.82) is 0 Å². The fraction of sp³-hybridized carbons (Fsp3) is 0.556. The molecule has 41 heavy (non-hydrogen) atoms. The number of benzene rings is 1. The molecule has 14 heteroatoms. The second kappa shape index (κ2) is 12.1. The summed E-state index contributed by atoms with van der Waals surface area (Å²) in [6.07, 6.45) is -1.86. The Kier molecular flexibility index (Phi) is 8.68. The molecule has 3 aromatic rings. The van der Waals surface area contributed by atoms with E-state index < -0.39 is 42.4 Å². The summed E-state index contributed by atoms with van der Waals surface area (Å²) in [7, 11) is 0. The lowest BCUT2D eigenvalue weighted by Gasteiger charge is -2.25. The summed E-state index contributed by atoms with van der Waals surface area (Å²) >= 11 is 1.27. The monoisotopic (exact) mass is 589 g/mol. The van der Waals surface area contributed by atoms with Crippen molar-refractivity contribution in [1.82, 2.24) is 19.5 Å². The number of fused-ring (bicyclic) bond motifs is 2. The van der Waals surface area contributed by atoms with Crippen LogP contribution in [0.4, 0.5) is 5.82 Å². The lowest BCUT2D eigenvalue weighted by Crippen LogP contribution is -2.31. The van der Waals surface area contributed by atoms with Crippen LogP contribution in [-0.4, -0.2) is 91.5 Å². The molecule has 222 valence electrons. The van der Waals surface area contributed by atoms with Gasteiger partial charge in [-0.15, -0.1) is 0 Å². The van der Waals surface area contributed by atoms with E-state index in [1.807, 2.05) is 13.8 Å². The van der Waals surface area contributed by atoms with E-state index in [1.54, 1.807) is 42.7 Å². The molecule has 2 aliphatic heterocycles. The number of carbonyl (C=O) groups excluding carboxylic acids is 1. The van der Waals surface area contributed by atoms with E-state index in [4.69, 9.17) is 29.4 Å². The highest BCUT2D eigenvalue weighted by molar-refractivity contribution is 7.99. The molecule has 1 unspecified atom stereocenters. The minimum atomic E-state index is -0.861. The molecule has 2 saturated heterocycles. The van der Waals surface area contributed by atoms with Crippen LogP contribution in [0.1, 0.15) is 44.3 Å². The van der Waals surface area contributed by atoms with Gasteiger partial charge in [0.15, 0.2) is 34.2 Å². The van der Waals surface area contributed by atoms with Crippen molar-refractivity contribution in [2.45, 2.75) is 69.3 Å². The van der Waals surface area contributed by atoms with E-state index in [2.05, 4.69) is 15.0 Å². The summed E-state index contributed by atoms with van der Waals surface area (Å²) in [5.41, 5.74) is 7.35. The van der Waals surface area contributed by atoms with Crippen molar-refractivity contribution >= 4 is 34.7 Å². The molecule has 2 aromatic heterocycles. The topological polar surface area (TPSA) is 173 Å². The molecule has 0 radical (unpaired) electrons. The van der Waals surface area contributed by atoms with Gasteiger partial charge >= 0.3 is 5.97 Å². The molecule has 4 N–H and O–H groups in total. The van der Waals surface area contributed by atoms with E-state index in [0.717, 1.165) is 0 Å². The van der Waals surface area contributed by atoms with E-state index in [0.29, 0.717) is 34.2 Å². The molecule has 5 atom stereocenters. The standard InChI is InChI=1S/C27H35N5O8S/c1-14(2)10-37-25(35)15-5-7-17(8-6-15)36-11-16(34)12-41-26-31-19-22(28)29-13-30-23(19)32(26)24-21-20(18(9-33)38-24)39-27(3,4)40-21/h5-8,13-14,16,18,20-21,24,33-34H,9-12H2,1-4H3,(H2,28,29,30)/t16?,18-,20-,21-,24-/m1/s1. The molecule has 13 nitrogen and oxygen atoms in total. The van der Waals surface area contributed by atoms with E-state index in [1.165, 1.54) is 18.1 Å². The number of rotatable bonds is 11. The largest absolute Gasteiger partial charge is 0.491 e. The van der Waals surface area contributed by atoms with Gasteiger partial charge in [0.05, 0.1) is 24.9 Å². The third-order valence-corrected chi connectivity index (χ3v) is 7.62. The summed E-state index contributed by atoms with van der Waals surface area (Å²) in [4.78, 5) is 25.2. The Labute approximate surface area is 241 Å². The second-order valence-electron chi connectivity index (χ2n) is 10.8. The molecule has 0 amide bonds. The minimum absolute atomic E-state index is 0.00860. The average Bonchev–Trinajstić information content (AvgIpc) is 3.57. The molecule has 0 spiro atoms. The highest BCUT2D eigenvalue weighted by Crippen LogP contribution is 2.45. The molecule has 2 fully saturated rings. The number of nitrogen functional groups attached to an aromatic ring is 1. The fourth-order valence-corrected chi connectivity index (χ4v) is 5.60. The molecule has 1 aromatic carbocycles. The Hall–Kier alpha value is -3.01. The zero-order chi connectivity index (χ0) is 29.3. The molecular formula is C27H35N5O8S. The molecule has 0 bridgehead atoms. The van der Waals surface area contributed by atoms with Gasteiger partial charge in [-0.1, -0.05) is 25.6 Å². The molecular weight excluding hydrogens is 554 g/mol. The van der Waals surface area contributed by atoms with Crippen LogP contribution < -0.4 is 10.5 Å². The Morgan fingerprint density at radius 1 is 1.17 bits per heavy atom. The van der Waals surface area contributed by atoms with Crippen LogP contribution in [0.15, 0.2) is 35.7 Å². The number of carbonyl (C=O) groups is 1. The first-order valence-electron chi connectivity index (χ1n) is 13.4. The number of esters is 1. The fourth-order valence-electron chi connectivity index (χ4n) is 4.68. The van der Waals surface area contributed by atoms with E-state index >= 15 is 0 Å². The molecule has 5 rings (SSSR count). The highest BCUT2D eigenvalue weighted by atomic mass is 32.2. The van der Waals surface area contributed by atoms with Gasteiger partial charge in [0.2, 0.25) is 0 Å². The molecule has 0 aliphatic carbocycles. The van der Waals surface area contributed by atoms with Gasteiger partial charge in [0.1, 0.15) is 37.0 Å². The number of aromatic nitrogens is 4. The number of nitrogens with two attached hydrogens (primary N) is 1. The summed E-state index contributed by atoms with van der Waals surface area (Å²) in [6.45, 7) is 7.66. The van der Waals surface area contributed by atoms with Gasteiger partial charge in [-0.05, 0) is 44.0 Å². The van der Waals surface area contributed by atoms with Crippen LogP contribution in [0.3, 0.4) is 0 Å². The van der Waals surface area contributed by atoms with Crippen molar-refractivity contribution in [2.75, 3.05) is 31.3 Å². The smallest absolute Gasteiger partial charge is 0.338 e. The van der Waals surface area contributed by atoms with Gasteiger partial charge in [-0.3, -0.25) is 4.57 Å². The Morgan fingerprint density at radius 3 is 2.61 bits per heavy atom. The number of aliphatic hydroxyl groups excluding tert-OH is 2. The van der Waals surface area contributed by atoms with Gasteiger partial charge in [-0.25, -0.2) is 19.7 Å². The van der Waals surface area contributed by atoms with Gasteiger partial charge in [-0.2, -0.15) is 0 Å². The zero-order valence-corrected chi connectivity index (χ0v) is 24.1. The number of thioether (sulfide) groups is 1. The Bertz CT molecular complexity index is 1370. The number of ether oxygens (including phenoxy) is 5. The number of nitrogens with zero attached hydrogens (tertiary/aromatic N) is 4. The van der Waals surface area contributed by atoms with Gasteiger partial charge < -0.3 is 39.6 Å². The van der Waals surface area contributed by atoms with Crippen molar-refractivity contribution in [2.24, 2.45) is 5.92 Å². The summed E-state index contributed by atoms with van der Waals surface area (Å²) in [5.74, 6) is -0.0680. The highest BCUT2D eigenvalue weighted by Gasteiger charge is 2.56. The summed E-state index contributed by atoms with van der Waals surface area (Å²) < 4.78 is 31.0. The summed E-state index contributed by atoms with van der Waals surface area (Å²) in [5, 5.41) is 21.1. The third-order valence-electron chi connectivity index (χ3n) is 6.52. The van der Waals surface area contributed by atoms with Crippen LogP contribution in [0, 0.1) is 5.92 Å². The number of hydrogen-bond acceptors (Lipinski definition) is 13. The number of aliphatic hydroxyl groups is 2. The van der Waals surface area contributed by atoms with Crippen LogP contribution >= 0.6 is 11.8 Å². The lowest BCUT2D eigenvalue weighted by atomic mass is 10.1. The van der Waals surface area contributed by atoms with Crippen LogP contribution in [-0.2, 0) is 18.9 Å². The normalized spacial score (nSPS) is 24.1. The average molecular weight is 590 g/mol. The Balaban J connectivity index is 1.26. The Morgan fingerprint density at radius 2 is 1.90 bits per heavy atom. The maximum atomic E-state index is 12.1. The van der Waals surface area contributed by atoms with Gasteiger partial charge in [0, 0.05) is 5.75 Å². The zero-order valence-electron chi connectivity index (χ0n) is 23.3. The van der Waals surface area contributed by atoms with E-state index in [9.17, 15) is 15.0 Å². The van der Waals surface area contributed by atoms with Crippen molar-refractivity contribution in [3.05, 3.63) is 36.2 Å². The molecule has 4 heterocycles. The van der Waals surface area contributed by atoms with Crippen LogP contribution in [0.2, 0.25) is 0 Å². The maximum Gasteiger partial charge on any atom is 0.338 e. The molecule has 2 aliphatic rings. The van der Waals surface area contributed by atoms with Crippen molar-refractivity contribution in [3.8, 4) is 5.75 Å².